The maximum Gasteiger partial charge on any atom is 0.338 e. The Morgan fingerprint density at radius 3 is 2.32 bits per heavy atom. The lowest BCUT2D eigenvalue weighted by Crippen LogP contribution is -2.44. The van der Waals surface area contributed by atoms with Crippen LogP contribution in [0.25, 0.3) is 11.0 Å². The first-order valence-corrected chi connectivity index (χ1v) is 9.70. The van der Waals surface area contributed by atoms with E-state index in [4.69, 9.17) is 9.47 Å². The molecule has 0 saturated carbocycles. The maximum atomic E-state index is 12.4. The van der Waals surface area contributed by atoms with Crippen LogP contribution < -0.4 is 5.32 Å². The highest BCUT2D eigenvalue weighted by Crippen LogP contribution is 2.15. The number of nitrogens with one attached hydrogen (secondary N) is 1. The molecule has 1 atom stereocenters. The number of ether oxygens (including phenoxy) is 2. The Morgan fingerprint density at radius 1 is 0.968 bits per heavy atom. The Balaban J connectivity index is 1.62. The number of carbonyl (C=O) groups excluding carboxylic acids is 3. The molecule has 0 saturated heterocycles. The number of aromatic nitrogens is 2. The zero-order valence-electron chi connectivity index (χ0n) is 17.5. The summed E-state index contributed by atoms with van der Waals surface area (Å²) in [6.45, 7) is 3.17. The van der Waals surface area contributed by atoms with Crippen molar-refractivity contribution in [1.82, 2.24) is 15.3 Å². The maximum absolute atomic E-state index is 12.4. The largest absolute Gasteiger partial charge is 0.467 e. The zero-order valence-corrected chi connectivity index (χ0v) is 17.5. The molecule has 1 aromatic heterocycles. The highest BCUT2D eigenvalue weighted by molar-refractivity contribution is 5.95. The third-order valence-corrected chi connectivity index (χ3v) is 4.75. The van der Waals surface area contributed by atoms with E-state index in [0.29, 0.717) is 11.0 Å². The van der Waals surface area contributed by atoms with Crippen LogP contribution >= 0.6 is 0 Å². The van der Waals surface area contributed by atoms with E-state index in [-0.39, 0.29) is 12.0 Å². The second kappa shape index (κ2) is 9.80. The predicted molar refractivity (Wildman–Crippen MR) is 113 cm³/mol. The van der Waals surface area contributed by atoms with Crippen LogP contribution in [-0.4, -0.2) is 47.6 Å². The van der Waals surface area contributed by atoms with E-state index in [9.17, 15) is 14.4 Å². The van der Waals surface area contributed by atoms with Gasteiger partial charge >= 0.3 is 11.9 Å². The minimum absolute atomic E-state index is 0.256. The number of benzene rings is 2. The van der Waals surface area contributed by atoms with Gasteiger partial charge in [-0.1, -0.05) is 30.3 Å². The summed E-state index contributed by atoms with van der Waals surface area (Å²) in [6, 6.07) is 13.1. The number of amides is 1. The molecule has 3 rings (SSSR count). The molecular weight excluding hydrogens is 398 g/mol. The molecular formula is C23H23N3O5. The fourth-order valence-corrected chi connectivity index (χ4v) is 2.99. The number of aryl methyl sites for hydroxylation is 2. The van der Waals surface area contributed by atoms with Gasteiger partial charge < -0.3 is 14.8 Å². The second-order valence-corrected chi connectivity index (χ2v) is 7.01. The van der Waals surface area contributed by atoms with Crippen LogP contribution in [0, 0.1) is 13.8 Å². The number of carbonyl (C=O) groups is 3. The first-order chi connectivity index (χ1) is 14.9. The van der Waals surface area contributed by atoms with E-state index >= 15 is 0 Å². The Hall–Kier alpha value is -3.81. The molecule has 1 amide bonds. The van der Waals surface area contributed by atoms with Crippen LogP contribution in [-0.2, 0) is 25.5 Å². The summed E-state index contributed by atoms with van der Waals surface area (Å²) in [5.41, 5.74) is 3.93. The monoisotopic (exact) mass is 421 g/mol. The minimum atomic E-state index is -0.888. The van der Waals surface area contributed by atoms with E-state index in [0.717, 1.165) is 17.0 Å². The normalized spacial score (nSPS) is 11.6. The van der Waals surface area contributed by atoms with Crippen LogP contribution in [0.2, 0.25) is 0 Å². The molecule has 8 nitrogen and oxygen atoms in total. The molecule has 8 heteroatoms. The Kier molecular flexibility index (Phi) is 6.92. The first kappa shape index (κ1) is 21.9. The van der Waals surface area contributed by atoms with Gasteiger partial charge in [0, 0.05) is 6.42 Å². The van der Waals surface area contributed by atoms with Crippen LogP contribution in [0.15, 0.2) is 48.5 Å². The molecule has 0 spiro atoms. The number of methoxy groups -OCH3 is 1. The van der Waals surface area contributed by atoms with Crippen LogP contribution in [0.3, 0.4) is 0 Å². The van der Waals surface area contributed by atoms with E-state index in [1.54, 1.807) is 18.2 Å². The molecule has 31 heavy (non-hydrogen) atoms. The zero-order chi connectivity index (χ0) is 22.4. The number of hydrogen-bond acceptors (Lipinski definition) is 7. The number of nitrogens with zero attached hydrogens (tertiary/aromatic N) is 2. The highest BCUT2D eigenvalue weighted by Gasteiger charge is 2.22. The molecule has 1 heterocycles. The Labute approximate surface area is 179 Å². The van der Waals surface area contributed by atoms with Crippen molar-refractivity contribution < 1.29 is 23.9 Å². The van der Waals surface area contributed by atoms with Crippen LogP contribution in [0.4, 0.5) is 0 Å². The molecule has 1 N–H and O–H groups in total. The number of hydrogen-bond donors (Lipinski definition) is 1. The standard InChI is InChI=1S/C23H23N3O5/c1-14-15(2)25-19-12-17(9-10-18(19)24-14)22(28)31-13-21(27)26-20(23(29)30-3)11-16-7-5-4-6-8-16/h4-10,12,20H,11,13H2,1-3H3,(H,26,27). The van der Waals surface area contributed by atoms with Crippen molar-refractivity contribution in [2.45, 2.75) is 26.3 Å². The highest BCUT2D eigenvalue weighted by atomic mass is 16.5. The topological polar surface area (TPSA) is 107 Å². The van der Waals surface area contributed by atoms with Gasteiger partial charge in [-0.2, -0.15) is 0 Å². The van der Waals surface area contributed by atoms with Gasteiger partial charge in [-0.05, 0) is 37.6 Å². The molecule has 0 fully saturated rings. The van der Waals surface area contributed by atoms with Crippen molar-refractivity contribution in [3.8, 4) is 0 Å². The minimum Gasteiger partial charge on any atom is -0.467 e. The van der Waals surface area contributed by atoms with E-state index < -0.39 is 30.5 Å². The van der Waals surface area contributed by atoms with Crippen molar-refractivity contribution in [3.05, 3.63) is 71.0 Å². The van der Waals surface area contributed by atoms with Crippen molar-refractivity contribution in [2.24, 2.45) is 0 Å². The fourth-order valence-electron chi connectivity index (χ4n) is 2.99. The lowest BCUT2D eigenvalue weighted by molar-refractivity contribution is -0.145. The van der Waals surface area contributed by atoms with Crippen molar-refractivity contribution in [3.63, 3.8) is 0 Å². The fraction of sp³-hybridized carbons (Fsp3) is 0.261. The molecule has 0 radical (unpaired) electrons. The predicted octanol–water partition coefficient (Wildman–Crippen LogP) is 2.30. The van der Waals surface area contributed by atoms with E-state index in [2.05, 4.69) is 15.3 Å². The van der Waals surface area contributed by atoms with Crippen molar-refractivity contribution in [1.29, 1.82) is 0 Å². The average molecular weight is 421 g/mol. The lowest BCUT2D eigenvalue weighted by Gasteiger charge is -2.16. The van der Waals surface area contributed by atoms with Crippen LogP contribution in [0.5, 0.6) is 0 Å². The summed E-state index contributed by atoms with van der Waals surface area (Å²) in [7, 11) is 1.25. The number of rotatable bonds is 7. The van der Waals surface area contributed by atoms with Crippen molar-refractivity contribution in [2.75, 3.05) is 13.7 Å². The van der Waals surface area contributed by atoms with Gasteiger partial charge in [0.2, 0.25) is 0 Å². The number of fused-ring (bicyclic) bond motifs is 1. The van der Waals surface area contributed by atoms with E-state index in [1.165, 1.54) is 7.11 Å². The van der Waals surface area contributed by atoms with Gasteiger partial charge in [0.25, 0.3) is 5.91 Å². The second-order valence-electron chi connectivity index (χ2n) is 7.01. The summed E-state index contributed by atoms with van der Waals surface area (Å²) in [5, 5.41) is 2.55. The summed E-state index contributed by atoms with van der Waals surface area (Å²) in [4.78, 5) is 45.5. The molecule has 0 aliphatic heterocycles. The van der Waals surface area contributed by atoms with Crippen LogP contribution in [0.1, 0.15) is 27.3 Å². The Morgan fingerprint density at radius 2 is 1.65 bits per heavy atom. The summed E-state index contributed by atoms with van der Waals surface area (Å²) in [6.07, 6.45) is 0.259. The first-order valence-electron chi connectivity index (χ1n) is 9.70. The van der Waals surface area contributed by atoms with Gasteiger partial charge in [0.1, 0.15) is 6.04 Å². The smallest absolute Gasteiger partial charge is 0.338 e. The third-order valence-electron chi connectivity index (χ3n) is 4.75. The summed E-state index contributed by atoms with van der Waals surface area (Å²) in [5.74, 6) is -1.86. The molecule has 0 aliphatic carbocycles. The van der Waals surface area contributed by atoms with Gasteiger partial charge in [0.15, 0.2) is 6.61 Å². The Bertz CT molecular complexity index is 1110. The molecule has 0 bridgehead atoms. The quantitative estimate of drug-likeness (QED) is 0.583. The van der Waals surface area contributed by atoms with Gasteiger partial charge in [0.05, 0.1) is 35.1 Å². The third kappa shape index (κ3) is 5.63. The molecule has 1 unspecified atom stereocenters. The molecule has 2 aromatic carbocycles. The van der Waals surface area contributed by atoms with Gasteiger partial charge in [-0.25, -0.2) is 19.6 Å². The SMILES string of the molecule is COC(=O)C(Cc1ccccc1)NC(=O)COC(=O)c1ccc2nc(C)c(C)nc2c1. The average Bonchev–Trinajstić information content (AvgIpc) is 2.77. The van der Waals surface area contributed by atoms with Gasteiger partial charge in [-0.15, -0.1) is 0 Å². The van der Waals surface area contributed by atoms with E-state index in [1.807, 2.05) is 44.2 Å². The lowest BCUT2D eigenvalue weighted by atomic mass is 10.1. The summed E-state index contributed by atoms with van der Waals surface area (Å²) >= 11 is 0. The summed E-state index contributed by atoms with van der Waals surface area (Å²) < 4.78 is 9.87. The van der Waals surface area contributed by atoms with Crippen molar-refractivity contribution >= 4 is 28.9 Å². The number of esters is 2. The molecule has 160 valence electrons. The van der Waals surface area contributed by atoms with Gasteiger partial charge in [-0.3, -0.25) is 4.79 Å². The molecule has 3 aromatic rings. The molecule has 0 aliphatic rings.